The largest absolute Gasteiger partial charge is 0 e. The Bertz CT molecular complexity index is 678. The van der Waals surface area contributed by atoms with Gasteiger partial charge in [0.2, 0.25) is 0 Å². The number of halogens is 2. The molecule has 0 fully saturated rings. The third-order valence-electron chi connectivity index (χ3n) is 5.08. The van der Waals surface area contributed by atoms with Crippen molar-refractivity contribution < 1.29 is 51.9 Å². The van der Waals surface area contributed by atoms with Gasteiger partial charge in [-0.25, -0.2) is 0 Å². The first-order valence-corrected chi connectivity index (χ1v) is 24.0. The minimum Gasteiger partial charge on any atom is 0 e. The van der Waals surface area contributed by atoms with Crippen molar-refractivity contribution in [2.45, 2.75) is 71.8 Å². The monoisotopic (exact) mass is 943 g/mol. The average molecular weight is 944 g/mol. The number of esters is 1. The van der Waals surface area contributed by atoms with E-state index in [2.05, 4.69) is 88.5 Å². The number of hydrogen-bond acceptors (Lipinski definition) is 12. The molecule has 0 unspecified atom stereocenters. The maximum atomic E-state index is 12.0. The van der Waals surface area contributed by atoms with Gasteiger partial charge in [0, 0.05) is 35.3 Å². The molecule has 0 aliphatic heterocycles. The molecule has 1 radical (unpaired) electrons. The average Bonchev–Trinajstić information content (AvgIpc) is 2.86. The van der Waals surface area contributed by atoms with Crippen molar-refractivity contribution in [3.63, 3.8) is 0 Å². The maximum absolute atomic E-state index is 12.0. The number of ketones is 3. The second-order valence-corrected chi connectivity index (χ2v) is 22.7. The van der Waals surface area contributed by atoms with Crippen LogP contribution in [0.15, 0.2) is 0 Å². The van der Waals surface area contributed by atoms with Crippen molar-refractivity contribution in [1.29, 1.82) is 0 Å². The fourth-order valence-electron chi connectivity index (χ4n) is 2.85. The summed E-state index contributed by atoms with van der Waals surface area (Å²) < 4.78 is 4.83. The van der Waals surface area contributed by atoms with E-state index in [9.17, 15) is 19.2 Å². The standard InChI is InChI=1S/C13H25NO3S2.C10H20N2O2S2.CH4.2HI.2V/c1-5-17-11(16)6-7-19-8-10(15)12(14-4)13(18)9(2)3;1-6(4-15)10(7(2)13)12-3-9(14)8(11)5-16;;;;;/h9,12-14,18H,5-8H2,1-4H3;6,8,10,12,15-16H,3-5,11H2,1-2H3;1H4;2*1H;;/q;;;;;;+2/p-2/t12-,13-;6-,8-,10-;;;;;/m10...../s1. The third kappa shape index (κ3) is 27.9. The van der Waals surface area contributed by atoms with E-state index in [4.69, 9.17) is 10.5 Å². The molecule has 0 saturated carbocycles. The van der Waals surface area contributed by atoms with Crippen LogP contribution in [0, 0.1) is 11.8 Å². The molecule has 5 atom stereocenters. The van der Waals surface area contributed by atoms with E-state index >= 15 is 0 Å². The molecule has 16 heteroatoms. The van der Waals surface area contributed by atoms with Gasteiger partial charge in [-0.2, -0.15) is 49.6 Å². The quantitative estimate of drug-likeness (QED) is 0.0522. The summed E-state index contributed by atoms with van der Waals surface area (Å²) in [6, 6.07) is -1.15. The van der Waals surface area contributed by atoms with Crippen LogP contribution < -0.4 is 16.4 Å². The molecule has 0 spiro atoms. The number of rotatable bonds is 18. The minimum absolute atomic E-state index is 0. The Hall–Kier alpha value is 2.39. The van der Waals surface area contributed by atoms with Crippen LogP contribution in [0.1, 0.15) is 48.5 Å². The topological polar surface area (TPSA) is 128 Å². The van der Waals surface area contributed by atoms with Gasteiger partial charge in [0.05, 0.1) is 43.5 Å². The molecule has 0 rings (SSSR count). The predicted octanol–water partition coefficient (Wildman–Crippen LogP) is 4.11. The van der Waals surface area contributed by atoms with Gasteiger partial charge in [0.15, 0.2) is 11.6 Å². The molecule has 0 aromatic rings. The Morgan fingerprint density at radius 2 is 1.57 bits per heavy atom. The van der Waals surface area contributed by atoms with Gasteiger partial charge >= 0.3 is 55.4 Å². The van der Waals surface area contributed by atoms with Crippen molar-refractivity contribution in [3.05, 3.63) is 0 Å². The second kappa shape index (κ2) is 34.3. The number of thioether (sulfide) groups is 1. The molecule has 8 nitrogen and oxygen atoms in total. The van der Waals surface area contributed by atoms with Crippen LogP contribution in [0.2, 0.25) is 0 Å². The van der Waals surface area contributed by atoms with Crippen molar-refractivity contribution in [2.24, 2.45) is 17.6 Å². The summed E-state index contributed by atoms with van der Waals surface area (Å²) in [5, 5.41) is 5.95. The zero-order chi connectivity index (χ0) is 30.3. The molecule has 4 N–H and O–H groups in total. The maximum Gasteiger partial charge on any atom is 0 e. The van der Waals surface area contributed by atoms with Gasteiger partial charge in [-0.1, -0.05) is 28.2 Å². The van der Waals surface area contributed by atoms with Gasteiger partial charge < -0.3 is 21.1 Å². The van der Waals surface area contributed by atoms with Crippen LogP contribution in [-0.4, -0.2) is 89.9 Å². The minimum atomic E-state index is -0.574. The number of carbonyl (C=O) groups excluding carboxylic acids is 4. The predicted molar refractivity (Wildman–Crippen MR) is 191 cm³/mol. The Balaban J connectivity index is -0.000000179. The van der Waals surface area contributed by atoms with Crippen molar-refractivity contribution >= 4 is 113 Å². The Labute approximate surface area is 304 Å². The number of carbonyl (C=O) groups is 4. The molecule has 0 saturated heterocycles. The first-order chi connectivity index (χ1) is 17.8. The van der Waals surface area contributed by atoms with Crippen molar-refractivity contribution in [3.8, 4) is 0 Å². The van der Waals surface area contributed by atoms with Crippen LogP contribution in [-0.2, 0) is 51.9 Å². The fourth-order valence-corrected chi connectivity index (χ4v) is 4.42. The molecule has 40 heavy (non-hydrogen) atoms. The number of likely N-dealkylation sites (N-methyl/N-ethyl adjacent to an activating group) is 1. The molecule has 0 bridgehead atoms. The normalized spacial score (nSPS) is 13.7. The number of hydrogen-bond donors (Lipinski definition) is 6. The van der Waals surface area contributed by atoms with Crippen molar-refractivity contribution in [1.82, 2.24) is 10.6 Å². The van der Waals surface area contributed by atoms with E-state index in [1.54, 1.807) is 14.0 Å². The summed E-state index contributed by atoms with van der Waals surface area (Å²) in [6.45, 7) is 9.79. The third-order valence-corrected chi connectivity index (χ3v) is 7.93. The van der Waals surface area contributed by atoms with E-state index in [0.29, 0.717) is 51.4 Å². The van der Waals surface area contributed by atoms with E-state index < -0.39 is 6.04 Å². The van der Waals surface area contributed by atoms with Gasteiger partial charge in [-0.05, 0) is 38.5 Å². The van der Waals surface area contributed by atoms with Crippen molar-refractivity contribution in [2.75, 3.05) is 43.2 Å². The number of nitrogens with one attached hydrogen (secondary N) is 2. The smallest absolute Gasteiger partial charge is 0 e. The molecule has 0 aliphatic rings. The van der Waals surface area contributed by atoms with Crippen LogP contribution in [0.25, 0.3) is 0 Å². The Kier molecular flexibility index (Phi) is 44.5. The number of nitrogens with two attached hydrogens (primary N) is 1. The number of ether oxygens (including phenoxy) is 1. The van der Waals surface area contributed by atoms with Crippen LogP contribution in [0.5, 0.6) is 0 Å². The second-order valence-electron chi connectivity index (χ2n) is 8.52. The Morgan fingerprint density at radius 1 is 1.05 bits per heavy atom. The summed E-state index contributed by atoms with van der Waals surface area (Å²) in [6.07, 6.45) is 0.352. The summed E-state index contributed by atoms with van der Waals surface area (Å²) in [5.74, 6) is 2.12. The van der Waals surface area contributed by atoms with E-state index in [1.807, 2.05) is 20.8 Å². The zero-order valence-electron chi connectivity index (χ0n) is 23.4. The first kappa shape index (κ1) is 51.9. The Morgan fingerprint density at radius 3 is 1.95 bits per heavy atom. The van der Waals surface area contributed by atoms with E-state index in [1.165, 1.54) is 18.7 Å². The molecule has 0 heterocycles. The molecule has 0 aromatic carbocycles. The number of thiol groups is 3. The summed E-state index contributed by atoms with van der Waals surface area (Å²) >= 11 is 18.8. The van der Waals surface area contributed by atoms with Gasteiger partial charge in [0.1, 0.15) is 5.78 Å². The zero-order valence-corrected chi connectivity index (χ0v) is 34.0. The van der Waals surface area contributed by atoms with Gasteiger partial charge in [-0.15, -0.1) is 0 Å². The van der Waals surface area contributed by atoms with E-state index in [-0.39, 0.29) is 79.1 Å². The van der Waals surface area contributed by atoms with Gasteiger partial charge in [0.25, 0.3) is 0 Å². The molecular weight excluding hydrogens is 894 g/mol. The molecule has 0 aromatic heterocycles. The van der Waals surface area contributed by atoms with Gasteiger partial charge in [-0.3, -0.25) is 19.2 Å². The summed E-state index contributed by atoms with van der Waals surface area (Å²) in [4.78, 5) is 46.0. The molecule has 0 aliphatic carbocycles. The first-order valence-electron chi connectivity index (χ1n) is 12.1. The van der Waals surface area contributed by atoms with Crippen LogP contribution in [0.4, 0.5) is 0 Å². The fraction of sp³-hybridized carbons (Fsp3) is 0.833. The van der Waals surface area contributed by atoms with Crippen LogP contribution in [0.3, 0.4) is 0 Å². The van der Waals surface area contributed by atoms with E-state index in [0.717, 1.165) is 0 Å². The summed E-state index contributed by atoms with van der Waals surface area (Å²) in [7, 11) is 2.40. The molecular formula is C24H49I2N3O5S4V2. The van der Waals surface area contributed by atoms with Crippen LogP contribution >= 0.6 is 89.6 Å². The number of Topliss-reactive ketones (excluding diaryl/α,β-unsaturated/α-hetero) is 3. The molecule has 0 amide bonds. The molecule has 238 valence electrons. The SMILES string of the molecule is C.CC(=O)[C@@H](NCC(=O)[C@@H](N)CS)[C@@H](C)CS.CCOC(=O)CCSCC(=O)[C@@H](NC)[C@H](S)C(C)C.[I][V][I].[V]. The summed E-state index contributed by atoms with van der Waals surface area (Å²) in [5.41, 5.74) is 5.52.